The zero-order valence-corrected chi connectivity index (χ0v) is 11.1. The molecule has 0 aromatic carbocycles. The first-order valence-electron chi connectivity index (χ1n) is 6.34. The minimum atomic E-state index is -0.872. The van der Waals surface area contributed by atoms with Crippen LogP contribution in [0.3, 0.4) is 0 Å². The number of carbonyl (C=O) groups excluding carboxylic acids is 2. The average molecular weight is 272 g/mol. The molecule has 2 amide bonds. The number of nitrogens with zero attached hydrogens (tertiary/aromatic N) is 1. The summed E-state index contributed by atoms with van der Waals surface area (Å²) < 4.78 is 5.43. The molecular weight excluding hydrogens is 252 g/mol. The van der Waals surface area contributed by atoms with Crippen LogP contribution in [0.1, 0.15) is 26.2 Å². The number of carboxylic acids is 1. The van der Waals surface area contributed by atoms with E-state index in [-0.39, 0.29) is 37.5 Å². The molecule has 1 aliphatic rings. The van der Waals surface area contributed by atoms with Gasteiger partial charge >= 0.3 is 5.97 Å². The highest BCUT2D eigenvalue weighted by atomic mass is 16.5. The van der Waals surface area contributed by atoms with Gasteiger partial charge in [0, 0.05) is 20.0 Å². The van der Waals surface area contributed by atoms with Crippen molar-refractivity contribution < 1.29 is 24.2 Å². The lowest BCUT2D eigenvalue weighted by molar-refractivity contribution is -0.139. The molecule has 2 N–H and O–H groups in total. The fourth-order valence-electron chi connectivity index (χ4n) is 1.90. The van der Waals surface area contributed by atoms with Crippen molar-refractivity contribution in [1.29, 1.82) is 0 Å². The third-order valence-corrected chi connectivity index (χ3v) is 2.95. The molecule has 0 bridgehead atoms. The molecule has 1 aliphatic heterocycles. The fourth-order valence-corrected chi connectivity index (χ4v) is 1.90. The van der Waals surface area contributed by atoms with Crippen LogP contribution in [0.2, 0.25) is 0 Å². The molecule has 7 nitrogen and oxygen atoms in total. The molecule has 7 heteroatoms. The van der Waals surface area contributed by atoms with Gasteiger partial charge < -0.3 is 20.1 Å². The number of hydrogen-bond acceptors (Lipinski definition) is 4. The number of likely N-dealkylation sites (tertiary alicyclic amines) is 1. The van der Waals surface area contributed by atoms with E-state index in [1.165, 1.54) is 6.92 Å². The van der Waals surface area contributed by atoms with Gasteiger partial charge in [-0.1, -0.05) is 0 Å². The molecule has 0 unspecified atom stereocenters. The number of rotatable bonds is 6. The molecule has 1 heterocycles. The predicted octanol–water partition coefficient (Wildman–Crippen LogP) is -0.395. The normalized spacial score (nSPS) is 16.2. The molecule has 19 heavy (non-hydrogen) atoms. The van der Waals surface area contributed by atoms with E-state index in [1.54, 1.807) is 4.90 Å². The number of hydrogen-bond donors (Lipinski definition) is 2. The Bertz CT molecular complexity index is 337. The van der Waals surface area contributed by atoms with E-state index in [2.05, 4.69) is 5.32 Å². The Kier molecular flexibility index (Phi) is 6.27. The van der Waals surface area contributed by atoms with Crippen LogP contribution in [0.25, 0.3) is 0 Å². The summed E-state index contributed by atoms with van der Waals surface area (Å²) in [6.07, 6.45) is 1.42. The van der Waals surface area contributed by atoms with Crippen LogP contribution >= 0.6 is 0 Å². The highest BCUT2D eigenvalue weighted by Gasteiger charge is 2.23. The van der Waals surface area contributed by atoms with Crippen molar-refractivity contribution in [2.45, 2.75) is 32.3 Å². The summed E-state index contributed by atoms with van der Waals surface area (Å²) in [4.78, 5) is 34.4. The maximum Gasteiger partial charge on any atom is 0.305 e. The van der Waals surface area contributed by atoms with Gasteiger partial charge in [-0.15, -0.1) is 0 Å². The number of ether oxygens (including phenoxy) is 1. The number of carboxylic acid groups (broad SMARTS) is 1. The molecule has 1 fully saturated rings. The molecule has 0 aliphatic carbocycles. The molecule has 0 atom stereocenters. The van der Waals surface area contributed by atoms with Crippen LogP contribution in [0, 0.1) is 0 Å². The molecule has 0 radical (unpaired) electrons. The smallest absolute Gasteiger partial charge is 0.305 e. The molecule has 0 spiro atoms. The molecular formula is C12H20N2O5. The van der Waals surface area contributed by atoms with Crippen molar-refractivity contribution in [3.8, 4) is 0 Å². The van der Waals surface area contributed by atoms with Crippen molar-refractivity contribution in [2.75, 3.05) is 26.2 Å². The first-order chi connectivity index (χ1) is 8.99. The van der Waals surface area contributed by atoms with Gasteiger partial charge in [-0.3, -0.25) is 14.4 Å². The Labute approximate surface area is 111 Å². The van der Waals surface area contributed by atoms with Gasteiger partial charge in [0.2, 0.25) is 11.8 Å². The highest BCUT2D eigenvalue weighted by molar-refractivity contribution is 5.83. The average Bonchev–Trinajstić information content (AvgIpc) is 2.36. The standard InChI is InChI=1S/C12H20N2O5/c1-9(15)13-8-11(16)14-5-2-10(3-6-14)19-7-4-12(17)18/h10H,2-8H2,1H3,(H,13,15)(H,17,18). The van der Waals surface area contributed by atoms with Crippen LogP contribution in [0.4, 0.5) is 0 Å². The van der Waals surface area contributed by atoms with E-state index in [0.717, 1.165) is 0 Å². The topological polar surface area (TPSA) is 95.9 Å². The number of aliphatic carboxylic acids is 1. The zero-order valence-electron chi connectivity index (χ0n) is 11.1. The van der Waals surface area contributed by atoms with Crippen molar-refractivity contribution in [3.05, 3.63) is 0 Å². The second-order valence-electron chi connectivity index (χ2n) is 4.50. The summed E-state index contributed by atoms with van der Waals surface area (Å²) in [5, 5.41) is 11.0. The summed E-state index contributed by atoms with van der Waals surface area (Å²) in [6.45, 7) is 2.77. The van der Waals surface area contributed by atoms with Crippen molar-refractivity contribution in [3.63, 3.8) is 0 Å². The van der Waals surface area contributed by atoms with Crippen molar-refractivity contribution in [2.24, 2.45) is 0 Å². The fraction of sp³-hybridized carbons (Fsp3) is 0.750. The van der Waals surface area contributed by atoms with Crippen LogP contribution in [0.15, 0.2) is 0 Å². The molecule has 0 aromatic rings. The second kappa shape index (κ2) is 7.73. The van der Waals surface area contributed by atoms with Crippen molar-refractivity contribution >= 4 is 17.8 Å². The monoisotopic (exact) mass is 272 g/mol. The SMILES string of the molecule is CC(=O)NCC(=O)N1CCC(OCCC(=O)O)CC1. The van der Waals surface area contributed by atoms with Crippen LogP contribution in [-0.4, -0.2) is 60.1 Å². The van der Waals surface area contributed by atoms with Gasteiger partial charge in [0.15, 0.2) is 0 Å². The quantitative estimate of drug-likeness (QED) is 0.686. The first-order valence-corrected chi connectivity index (χ1v) is 6.34. The third kappa shape index (κ3) is 6.19. The number of nitrogens with one attached hydrogen (secondary N) is 1. The summed E-state index contributed by atoms with van der Waals surface area (Å²) in [6, 6.07) is 0. The minimum absolute atomic E-state index is 0.00166. The maximum atomic E-state index is 11.7. The van der Waals surface area contributed by atoms with Gasteiger partial charge in [-0.2, -0.15) is 0 Å². The summed E-state index contributed by atoms with van der Waals surface area (Å²) in [5.74, 6) is -1.19. The van der Waals surface area contributed by atoms with Gasteiger partial charge in [0.25, 0.3) is 0 Å². The Morgan fingerprint density at radius 2 is 1.95 bits per heavy atom. The predicted molar refractivity (Wildman–Crippen MR) is 66.5 cm³/mol. The number of carbonyl (C=O) groups is 3. The van der Waals surface area contributed by atoms with E-state index in [0.29, 0.717) is 25.9 Å². The summed E-state index contributed by atoms with van der Waals surface area (Å²) in [5.41, 5.74) is 0. The van der Waals surface area contributed by atoms with E-state index in [4.69, 9.17) is 9.84 Å². The Morgan fingerprint density at radius 1 is 1.32 bits per heavy atom. The molecule has 0 aromatic heterocycles. The van der Waals surface area contributed by atoms with E-state index >= 15 is 0 Å². The zero-order chi connectivity index (χ0) is 14.3. The van der Waals surface area contributed by atoms with E-state index < -0.39 is 5.97 Å². The van der Waals surface area contributed by atoms with E-state index in [9.17, 15) is 14.4 Å². The Morgan fingerprint density at radius 3 is 2.47 bits per heavy atom. The molecule has 108 valence electrons. The number of piperidine rings is 1. The van der Waals surface area contributed by atoms with Gasteiger partial charge in [-0.05, 0) is 12.8 Å². The minimum Gasteiger partial charge on any atom is -0.481 e. The van der Waals surface area contributed by atoms with Crippen LogP contribution in [-0.2, 0) is 19.1 Å². The largest absolute Gasteiger partial charge is 0.481 e. The maximum absolute atomic E-state index is 11.7. The summed E-state index contributed by atoms with van der Waals surface area (Å²) >= 11 is 0. The lowest BCUT2D eigenvalue weighted by Gasteiger charge is -2.31. The van der Waals surface area contributed by atoms with Gasteiger partial charge in [0.05, 0.1) is 25.7 Å². The first kappa shape index (κ1) is 15.4. The van der Waals surface area contributed by atoms with E-state index in [1.807, 2.05) is 0 Å². The molecule has 1 rings (SSSR count). The molecule has 1 saturated heterocycles. The number of amides is 2. The Hall–Kier alpha value is -1.63. The van der Waals surface area contributed by atoms with Crippen LogP contribution in [0.5, 0.6) is 0 Å². The van der Waals surface area contributed by atoms with Gasteiger partial charge in [-0.25, -0.2) is 0 Å². The third-order valence-electron chi connectivity index (χ3n) is 2.95. The van der Waals surface area contributed by atoms with Crippen molar-refractivity contribution in [1.82, 2.24) is 10.2 Å². The second-order valence-corrected chi connectivity index (χ2v) is 4.50. The summed E-state index contributed by atoms with van der Waals surface area (Å²) in [7, 11) is 0. The van der Waals surface area contributed by atoms with Crippen LogP contribution < -0.4 is 5.32 Å². The lowest BCUT2D eigenvalue weighted by Crippen LogP contribution is -2.45. The highest BCUT2D eigenvalue weighted by Crippen LogP contribution is 2.13. The Balaban J connectivity index is 2.19. The molecule has 0 saturated carbocycles. The lowest BCUT2D eigenvalue weighted by atomic mass is 10.1. The van der Waals surface area contributed by atoms with Gasteiger partial charge in [0.1, 0.15) is 0 Å².